The Hall–Kier alpha value is -2.72. The van der Waals surface area contributed by atoms with Crippen molar-refractivity contribution in [2.45, 2.75) is 38.4 Å². The molecule has 140 valence electrons. The highest BCUT2D eigenvalue weighted by Crippen LogP contribution is 2.25. The number of rotatable bonds is 9. The monoisotopic (exact) mass is 359 g/mol. The molecule has 0 spiro atoms. The molecule has 2 rings (SSSR count). The largest absolute Gasteiger partial charge is 0.481 e. The minimum absolute atomic E-state index is 0.0362. The minimum Gasteiger partial charge on any atom is -0.481 e. The number of amides is 2. The predicted molar refractivity (Wildman–Crippen MR) is 97.8 cm³/mol. The number of aliphatic carboxylic acids is 1. The topological polar surface area (TPSA) is 90.9 Å². The third-order valence-electron chi connectivity index (χ3n) is 4.43. The normalized spacial score (nSPS) is 18.5. The van der Waals surface area contributed by atoms with E-state index in [1.165, 1.54) is 0 Å². The van der Waals surface area contributed by atoms with Crippen LogP contribution in [0.1, 0.15) is 25.3 Å². The number of hydrogen-bond acceptors (Lipinski definition) is 4. The summed E-state index contributed by atoms with van der Waals surface area (Å²) in [6, 6.07) is 7.42. The van der Waals surface area contributed by atoms with E-state index in [1.807, 2.05) is 36.1 Å². The summed E-state index contributed by atoms with van der Waals surface area (Å²) in [6.07, 6.45) is 6.72. The van der Waals surface area contributed by atoms with Crippen molar-refractivity contribution in [1.82, 2.24) is 15.5 Å². The molecule has 1 aliphatic carbocycles. The number of carbonyl (C=O) groups is 2. The van der Waals surface area contributed by atoms with Crippen molar-refractivity contribution in [3.63, 3.8) is 0 Å². The van der Waals surface area contributed by atoms with Gasteiger partial charge in [-0.3, -0.25) is 9.69 Å². The number of terminal acetylenes is 1. The predicted octanol–water partition coefficient (Wildman–Crippen LogP) is 1.44. The Morgan fingerprint density at radius 2 is 2.12 bits per heavy atom. The van der Waals surface area contributed by atoms with Crippen molar-refractivity contribution in [3.8, 4) is 18.1 Å². The fourth-order valence-corrected chi connectivity index (χ4v) is 3.00. The number of para-hydroxylation sites is 1. The molecule has 1 aromatic rings. The van der Waals surface area contributed by atoms with Crippen LogP contribution in [0.4, 0.5) is 4.79 Å². The summed E-state index contributed by atoms with van der Waals surface area (Å²) in [4.78, 5) is 24.8. The van der Waals surface area contributed by atoms with Crippen LogP contribution in [0, 0.1) is 12.3 Å². The van der Waals surface area contributed by atoms with E-state index in [9.17, 15) is 9.59 Å². The van der Waals surface area contributed by atoms with Gasteiger partial charge in [-0.1, -0.05) is 31.0 Å². The standard InChI is InChI=1S/C19H25N3O4/c1-3-9-26-17-8-6-5-7-14(17)12-20-19(25)21-15-10-16(11-15)22(4-2)13-18(23)24/h1,5-8,15-16H,4,9-13H2,2H3,(H,23,24)(H2,20,21,25). The van der Waals surface area contributed by atoms with Crippen LogP contribution in [0.25, 0.3) is 0 Å². The van der Waals surface area contributed by atoms with E-state index in [-0.39, 0.29) is 31.3 Å². The van der Waals surface area contributed by atoms with Gasteiger partial charge in [0.1, 0.15) is 12.4 Å². The van der Waals surface area contributed by atoms with Crippen LogP contribution >= 0.6 is 0 Å². The van der Waals surface area contributed by atoms with Crippen molar-refractivity contribution in [2.24, 2.45) is 0 Å². The van der Waals surface area contributed by atoms with Gasteiger partial charge in [-0.15, -0.1) is 6.42 Å². The molecule has 0 bridgehead atoms. The van der Waals surface area contributed by atoms with E-state index in [0.717, 1.165) is 18.4 Å². The molecule has 7 heteroatoms. The molecule has 1 aromatic carbocycles. The van der Waals surface area contributed by atoms with E-state index in [2.05, 4.69) is 16.6 Å². The Balaban J connectivity index is 1.74. The molecule has 0 atom stereocenters. The van der Waals surface area contributed by atoms with Gasteiger partial charge in [0.25, 0.3) is 0 Å². The zero-order chi connectivity index (χ0) is 18.9. The van der Waals surface area contributed by atoms with Crippen LogP contribution in [0.3, 0.4) is 0 Å². The van der Waals surface area contributed by atoms with Crippen molar-refractivity contribution < 1.29 is 19.4 Å². The average molecular weight is 359 g/mol. The summed E-state index contributed by atoms with van der Waals surface area (Å²) in [5, 5.41) is 14.6. The molecule has 1 saturated carbocycles. The second-order valence-corrected chi connectivity index (χ2v) is 6.21. The molecule has 0 saturated heterocycles. The fraction of sp³-hybridized carbons (Fsp3) is 0.474. The Kier molecular flexibility index (Phi) is 7.30. The van der Waals surface area contributed by atoms with E-state index < -0.39 is 5.97 Å². The first-order valence-electron chi connectivity index (χ1n) is 8.67. The molecule has 0 radical (unpaired) electrons. The molecule has 7 nitrogen and oxygen atoms in total. The molecule has 3 N–H and O–H groups in total. The summed E-state index contributed by atoms with van der Waals surface area (Å²) in [6.45, 7) is 3.18. The van der Waals surface area contributed by atoms with Crippen LogP contribution in [0.2, 0.25) is 0 Å². The molecule has 0 unspecified atom stereocenters. The third kappa shape index (κ3) is 5.67. The van der Waals surface area contributed by atoms with Gasteiger partial charge >= 0.3 is 12.0 Å². The third-order valence-corrected chi connectivity index (χ3v) is 4.43. The number of hydrogen-bond donors (Lipinski definition) is 3. The van der Waals surface area contributed by atoms with Gasteiger partial charge in [-0.2, -0.15) is 0 Å². The molecular formula is C19H25N3O4. The summed E-state index contributed by atoms with van der Waals surface area (Å²) in [5.74, 6) is 2.24. The lowest BCUT2D eigenvalue weighted by Gasteiger charge is -2.42. The molecule has 2 amide bonds. The SMILES string of the molecule is C#CCOc1ccccc1CNC(=O)NC1CC(N(CC)CC(=O)O)C1. The lowest BCUT2D eigenvalue weighted by molar-refractivity contribution is -0.139. The quantitative estimate of drug-likeness (QED) is 0.581. The highest BCUT2D eigenvalue weighted by atomic mass is 16.5. The zero-order valence-corrected chi connectivity index (χ0v) is 14.9. The van der Waals surface area contributed by atoms with Gasteiger partial charge < -0.3 is 20.5 Å². The minimum atomic E-state index is -0.827. The first-order chi connectivity index (χ1) is 12.5. The molecule has 1 fully saturated rings. The van der Waals surface area contributed by atoms with E-state index in [0.29, 0.717) is 18.8 Å². The number of nitrogens with one attached hydrogen (secondary N) is 2. The molecule has 0 heterocycles. The van der Waals surface area contributed by atoms with Crippen molar-refractivity contribution >= 4 is 12.0 Å². The second kappa shape index (κ2) is 9.68. The average Bonchev–Trinajstić information content (AvgIpc) is 2.59. The van der Waals surface area contributed by atoms with Crippen LogP contribution in [0.5, 0.6) is 5.75 Å². The van der Waals surface area contributed by atoms with Crippen molar-refractivity contribution in [3.05, 3.63) is 29.8 Å². The zero-order valence-electron chi connectivity index (χ0n) is 14.9. The van der Waals surface area contributed by atoms with E-state index in [4.69, 9.17) is 16.3 Å². The Labute approximate surface area is 153 Å². The van der Waals surface area contributed by atoms with Gasteiger partial charge in [0, 0.05) is 24.2 Å². The smallest absolute Gasteiger partial charge is 0.317 e. The summed E-state index contributed by atoms with van der Waals surface area (Å²) in [5.41, 5.74) is 0.850. The highest BCUT2D eigenvalue weighted by Gasteiger charge is 2.34. The van der Waals surface area contributed by atoms with Crippen LogP contribution in [-0.2, 0) is 11.3 Å². The maximum atomic E-state index is 12.1. The first-order valence-corrected chi connectivity index (χ1v) is 8.67. The van der Waals surface area contributed by atoms with Gasteiger partial charge in [0.15, 0.2) is 0 Å². The number of urea groups is 1. The van der Waals surface area contributed by atoms with Crippen molar-refractivity contribution in [2.75, 3.05) is 19.7 Å². The van der Waals surface area contributed by atoms with E-state index >= 15 is 0 Å². The lowest BCUT2D eigenvalue weighted by Crippen LogP contribution is -2.56. The van der Waals surface area contributed by atoms with Gasteiger partial charge in [0.05, 0.1) is 6.54 Å². The van der Waals surface area contributed by atoms with Crippen molar-refractivity contribution in [1.29, 1.82) is 0 Å². The summed E-state index contributed by atoms with van der Waals surface area (Å²) in [7, 11) is 0. The Morgan fingerprint density at radius 1 is 1.38 bits per heavy atom. The Bertz CT molecular complexity index is 665. The summed E-state index contributed by atoms with van der Waals surface area (Å²) < 4.78 is 5.46. The number of carbonyl (C=O) groups excluding carboxylic acids is 1. The molecule has 1 aliphatic rings. The van der Waals surface area contributed by atoms with E-state index in [1.54, 1.807) is 0 Å². The number of carboxylic acids is 1. The van der Waals surface area contributed by atoms with Gasteiger partial charge in [-0.05, 0) is 25.5 Å². The van der Waals surface area contributed by atoms with Crippen LogP contribution in [-0.4, -0.2) is 53.8 Å². The Morgan fingerprint density at radius 3 is 2.77 bits per heavy atom. The maximum absolute atomic E-state index is 12.1. The number of benzene rings is 1. The lowest BCUT2D eigenvalue weighted by atomic mass is 9.85. The highest BCUT2D eigenvalue weighted by molar-refractivity contribution is 5.74. The maximum Gasteiger partial charge on any atom is 0.317 e. The van der Waals surface area contributed by atoms with Crippen LogP contribution in [0.15, 0.2) is 24.3 Å². The molecule has 0 aromatic heterocycles. The molecule has 26 heavy (non-hydrogen) atoms. The molecule has 0 aliphatic heterocycles. The first kappa shape index (κ1) is 19.6. The number of carboxylic acid groups (broad SMARTS) is 1. The molecular weight excluding hydrogens is 334 g/mol. The fourth-order valence-electron chi connectivity index (χ4n) is 3.00. The van der Waals surface area contributed by atoms with Gasteiger partial charge in [0.2, 0.25) is 0 Å². The number of likely N-dealkylation sites (N-methyl/N-ethyl adjacent to an activating group) is 1. The second-order valence-electron chi connectivity index (χ2n) is 6.21. The summed E-state index contributed by atoms with van der Waals surface area (Å²) >= 11 is 0. The van der Waals surface area contributed by atoms with Crippen LogP contribution < -0.4 is 15.4 Å². The number of ether oxygens (including phenoxy) is 1. The van der Waals surface area contributed by atoms with Gasteiger partial charge in [-0.25, -0.2) is 4.79 Å². The number of nitrogens with zero attached hydrogens (tertiary/aromatic N) is 1.